The summed E-state index contributed by atoms with van der Waals surface area (Å²) in [7, 11) is -4.53. The number of aromatic nitrogens is 1. The third kappa shape index (κ3) is 3.10. The number of hydrogen-bond donors (Lipinski definition) is 1. The van der Waals surface area contributed by atoms with E-state index in [2.05, 4.69) is 20.9 Å². The summed E-state index contributed by atoms with van der Waals surface area (Å²) >= 11 is 3.05. The van der Waals surface area contributed by atoms with E-state index in [1.54, 1.807) is 0 Å². The van der Waals surface area contributed by atoms with Crippen molar-refractivity contribution in [2.45, 2.75) is 4.90 Å². The van der Waals surface area contributed by atoms with Gasteiger partial charge in [0.25, 0.3) is 10.0 Å². The van der Waals surface area contributed by atoms with Gasteiger partial charge in [-0.05, 0) is 28.1 Å². The van der Waals surface area contributed by atoms with Gasteiger partial charge in [0.15, 0.2) is 4.90 Å². The van der Waals surface area contributed by atoms with Crippen molar-refractivity contribution in [3.05, 3.63) is 52.5 Å². The lowest BCUT2D eigenvalue weighted by atomic mass is 10.3. The lowest BCUT2D eigenvalue weighted by Gasteiger charge is -2.09. The monoisotopic (exact) mass is 366 g/mol. The summed E-state index contributed by atoms with van der Waals surface area (Å²) in [4.78, 5) is 2.51. The van der Waals surface area contributed by atoms with Crippen molar-refractivity contribution in [3.8, 4) is 0 Å². The molecule has 0 fully saturated rings. The number of nitrogens with one attached hydrogen (secondary N) is 1. The molecule has 0 saturated carbocycles. The van der Waals surface area contributed by atoms with Crippen molar-refractivity contribution in [2.75, 3.05) is 4.72 Å². The van der Waals surface area contributed by atoms with Crippen LogP contribution in [0.2, 0.25) is 0 Å². The summed E-state index contributed by atoms with van der Waals surface area (Å²) < 4.78 is 65.8. The number of pyridine rings is 1. The quantitative estimate of drug-likeness (QED) is 0.849. The summed E-state index contributed by atoms with van der Waals surface area (Å²) in [6.07, 6.45) is 1.15. The Labute approximate surface area is 120 Å². The first-order valence-electron chi connectivity index (χ1n) is 5.08. The minimum Gasteiger partial charge on any atom is -0.278 e. The van der Waals surface area contributed by atoms with Crippen LogP contribution in [0.25, 0.3) is 0 Å². The SMILES string of the molecule is O=S(=O)(Nc1ccc(Br)nc1)c1c(F)cc(F)cc1F. The molecule has 0 spiro atoms. The first-order chi connectivity index (χ1) is 9.29. The smallest absolute Gasteiger partial charge is 0.267 e. The molecule has 0 radical (unpaired) electrons. The maximum atomic E-state index is 13.5. The van der Waals surface area contributed by atoms with E-state index >= 15 is 0 Å². The second-order valence-electron chi connectivity index (χ2n) is 3.67. The van der Waals surface area contributed by atoms with Crippen molar-refractivity contribution in [1.29, 1.82) is 0 Å². The van der Waals surface area contributed by atoms with E-state index in [0.29, 0.717) is 4.60 Å². The maximum absolute atomic E-state index is 13.5. The Bertz CT molecular complexity index is 728. The Morgan fingerprint density at radius 1 is 1.10 bits per heavy atom. The van der Waals surface area contributed by atoms with Gasteiger partial charge in [-0.2, -0.15) is 0 Å². The molecule has 1 heterocycles. The molecule has 0 aliphatic heterocycles. The van der Waals surface area contributed by atoms with Crippen LogP contribution < -0.4 is 4.72 Å². The first-order valence-corrected chi connectivity index (χ1v) is 7.36. The molecule has 0 unspecified atom stereocenters. The largest absolute Gasteiger partial charge is 0.278 e. The third-order valence-electron chi connectivity index (χ3n) is 2.21. The zero-order chi connectivity index (χ0) is 14.9. The molecule has 106 valence electrons. The van der Waals surface area contributed by atoms with Crippen LogP contribution in [0.4, 0.5) is 18.9 Å². The highest BCUT2D eigenvalue weighted by atomic mass is 79.9. The molecule has 0 atom stereocenters. The van der Waals surface area contributed by atoms with E-state index in [0.717, 1.165) is 6.20 Å². The Morgan fingerprint density at radius 2 is 1.70 bits per heavy atom. The average molecular weight is 367 g/mol. The predicted octanol–water partition coefficient (Wildman–Crippen LogP) is 3.06. The Kier molecular flexibility index (Phi) is 4.00. The van der Waals surface area contributed by atoms with Crippen molar-refractivity contribution in [1.82, 2.24) is 4.98 Å². The van der Waals surface area contributed by atoms with Gasteiger partial charge in [0.1, 0.15) is 22.1 Å². The van der Waals surface area contributed by atoms with Crippen molar-refractivity contribution in [3.63, 3.8) is 0 Å². The van der Waals surface area contributed by atoms with Crippen molar-refractivity contribution in [2.24, 2.45) is 0 Å². The number of benzene rings is 1. The zero-order valence-electron chi connectivity index (χ0n) is 9.57. The summed E-state index contributed by atoms with van der Waals surface area (Å²) in [6, 6.07) is 3.36. The lowest BCUT2D eigenvalue weighted by molar-refractivity contribution is 0.498. The molecule has 0 saturated heterocycles. The summed E-state index contributed by atoms with van der Waals surface area (Å²) in [5, 5.41) is 0. The standard InChI is InChI=1S/C11H6BrF3N2O2S/c12-10-2-1-7(5-16-10)17-20(18,19)11-8(14)3-6(13)4-9(11)15/h1-5,17H. The molecule has 0 bridgehead atoms. The summed E-state index contributed by atoms with van der Waals surface area (Å²) in [6.45, 7) is 0. The van der Waals surface area contributed by atoms with E-state index in [-0.39, 0.29) is 17.8 Å². The average Bonchev–Trinajstić information content (AvgIpc) is 2.30. The molecule has 0 amide bonds. The fourth-order valence-electron chi connectivity index (χ4n) is 1.43. The van der Waals surface area contributed by atoms with Gasteiger partial charge < -0.3 is 0 Å². The second kappa shape index (κ2) is 5.41. The first kappa shape index (κ1) is 14.8. The fraction of sp³-hybridized carbons (Fsp3) is 0. The van der Waals surface area contributed by atoms with E-state index in [4.69, 9.17) is 0 Å². The topological polar surface area (TPSA) is 59.1 Å². The predicted molar refractivity (Wildman–Crippen MR) is 69.1 cm³/mol. The Morgan fingerprint density at radius 3 is 2.20 bits per heavy atom. The Balaban J connectivity index is 2.43. The van der Waals surface area contributed by atoms with Crippen LogP contribution in [-0.4, -0.2) is 13.4 Å². The van der Waals surface area contributed by atoms with Gasteiger partial charge in [0.2, 0.25) is 0 Å². The zero-order valence-corrected chi connectivity index (χ0v) is 12.0. The second-order valence-corrected chi connectivity index (χ2v) is 6.11. The Hall–Kier alpha value is -1.61. The van der Waals surface area contributed by atoms with E-state index in [1.165, 1.54) is 12.1 Å². The lowest BCUT2D eigenvalue weighted by Crippen LogP contribution is -2.16. The van der Waals surface area contributed by atoms with Gasteiger partial charge in [0, 0.05) is 12.1 Å². The highest BCUT2D eigenvalue weighted by Gasteiger charge is 2.25. The van der Waals surface area contributed by atoms with E-state index < -0.39 is 32.4 Å². The number of nitrogens with zero attached hydrogens (tertiary/aromatic N) is 1. The highest BCUT2D eigenvalue weighted by molar-refractivity contribution is 9.10. The molecule has 4 nitrogen and oxygen atoms in total. The molecule has 0 aliphatic carbocycles. The van der Waals surface area contributed by atoms with Crippen molar-refractivity contribution < 1.29 is 21.6 Å². The molecular weight excluding hydrogens is 361 g/mol. The van der Waals surface area contributed by atoms with Gasteiger partial charge in [-0.15, -0.1) is 0 Å². The molecular formula is C11H6BrF3N2O2S. The van der Waals surface area contributed by atoms with Gasteiger partial charge in [-0.25, -0.2) is 26.6 Å². The maximum Gasteiger partial charge on any atom is 0.267 e. The number of halogens is 4. The minimum atomic E-state index is -4.53. The van der Waals surface area contributed by atoms with E-state index in [1.807, 2.05) is 4.72 Å². The highest BCUT2D eigenvalue weighted by Crippen LogP contribution is 2.23. The minimum absolute atomic E-state index is 0.0105. The van der Waals surface area contributed by atoms with Crippen LogP contribution in [0.3, 0.4) is 0 Å². The number of anilines is 1. The molecule has 1 aromatic carbocycles. The van der Waals surface area contributed by atoms with Gasteiger partial charge in [-0.1, -0.05) is 0 Å². The molecule has 9 heteroatoms. The molecule has 0 aliphatic rings. The number of hydrogen-bond acceptors (Lipinski definition) is 3. The van der Waals surface area contributed by atoms with Crippen LogP contribution in [0.1, 0.15) is 0 Å². The van der Waals surface area contributed by atoms with Crippen LogP contribution in [-0.2, 0) is 10.0 Å². The fourth-order valence-corrected chi connectivity index (χ4v) is 2.83. The molecule has 20 heavy (non-hydrogen) atoms. The summed E-state index contributed by atoms with van der Waals surface area (Å²) in [5.74, 6) is -4.23. The number of sulfonamides is 1. The normalized spacial score (nSPS) is 11.4. The van der Waals surface area contributed by atoms with Crippen molar-refractivity contribution >= 4 is 31.6 Å². The molecule has 1 N–H and O–H groups in total. The van der Waals surface area contributed by atoms with Crippen LogP contribution >= 0.6 is 15.9 Å². The molecule has 1 aromatic heterocycles. The molecule has 2 rings (SSSR count). The van der Waals surface area contributed by atoms with Crippen LogP contribution in [0, 0.1) is 17.5 Å². The summed E-state index contributed by atoms with van der Waals surface area (Å²) in [5.41, 5.74) is 0.0105. The number of rotatable bonds is 3. The van der Waals surface area contributed by atoms with Crippen LogP contribution in [0.5, 0.6) is 0 Å². The van der Waals surface area contributed by atoms with Gasteiger partial charge in [0.05, 0.1) is 11.9 Å². The van der Waals surface area contributed by atoms with E-state index in [9.17, 15) is 21.6 Å². The molecule has 2 aromatic rings. The van der Waals surface area contributed by atoms with Gasteiger partial charge in [-0.3, -0.25) is 4.72 Å². The van der Waals surface area contributed by atoms with Crippen LogP contribution in [0.15, 0.2) is 40.0 Å². The van der Waals surface area contributed by atoms with Gasteiger partial charge >= 0.3 is 0 Å². The third-order valence-corrected chi connectivity index (χ3v) is 4.11.